The quantitative estimate of drug-likeness (QED) is 0.669. The van der Waals surface area contributed by atoms with Gasteiger partial charge in [-0.3, -0.25) is 0 Å². The van der Waals surface area contributed by atoms with Crippen molar-refractivity contribution >= 4 is 0 Å². The van der Waals surface area contributed by atoms with Crippen LogP contribution in [-0.4, -0.2) is 0 Å². The minimum atomic E-state index is -0.743. The number of hydrogen-bond donors (Lipinski definition) is 2. The Morgan fingerprint density at radius 1 is 0.929 bits per heavy atom. The molecule has 0 atom stereocenters. The van der Waals surface area contributed by atoms with Crippen molar-refractivity contribution in [3.63, 3.8) is 0 Å². The van der Waals surface area contributed by atoms with Crippen LogP contribution in [0, 0.1) is 27.7 Å². The van der Waals surface area contributed by atoms with Crippen molar-refractivity contribution in [3.8, 4) is 0 Å². The third-order valence-corrected chi connectivity index (χ3v) is 3.06. The maximum atomic E-state index is 5.92. The molecule has 0 amide bonds. The molecule has 0 spiro atoms. The van der Waals surface area contributed by atoms with Gasteiger partial charge in [0.15, 0.2) is 0 Å². The van der Waals surface area contributed by atoms with E-state index < -0.39 is 5.66 Å². The van der Waals surface area contributed by atoms with Crippen LogP contribution >= 0.6 is 0 Å². The van der Waals surface area contributed by atoms with Gasteiger partial charge in [-0.2, -0.15) is 0 Å². The number of aryl methyl sites for hydroxylation is 1. The fourth-order valence-corrected chi connectivity index (χ4v) is 1.77. The minimum absolute atomic E-state index is 0.743. The van der Waals surface area contributed by atoms with Crippen LogP contribution in [0.1, 0.15) is 34.7 Å². The lowest BCUT2D eigenvalue weighted by atomic mass is 9.89. The normalized spacial score (nSPS) is 11.9. The molecule has 78 valence electrons. The van der Waals surface area contributed by atoms with Gasteiger partial charge < -0.3 is 11.5 Å². The van der Waals surface area contributed by atoms with Crippen molar-refractivity contribution < 1.29 is 0 Å². The number of hydrogen-bond acceptors (Lipinski definition) is 2. The molecule has 1 aromatic carbocycles. The summed E-state index contributed by atoms with van der Waals surface area (Å²) < 4.78 is 0. The fourth-order valence-electron chi connectivity index (χ4n) is 1.77. The molecule has 0 saturated carbocycles. The average molecular weight is 192 g/mol. The molecule has 14 heavy (non-hydrogen) atoms. The van der Waals surface area contributed by atoms with E-state index in [9.17, 15) is 0 Å². The van der Waals surface area contributed by atoms with E-state index in [4.69, 9.17) is 11.5 Å². The number of rotatable bonds is 1. The summed E-state index contributed by atoms with van der Waals surface area (Å²) in [6.45, 7) is 10.3. The van der Waals surface area contributed by atoms with Crippen molar-refractivity contribution in [2.45, 2.75) is 40.3 Å². The number of nitrogens with two attached hydrogens (primary N) is 2. The predicted molar refractivity (Wildman–Crippen MR) is 61.1 cm³/mol. The Morgan fingerprint density at radius 2 is 1.43 bits per heavy atom. The fraction of sp³-hybridized carbons (Fsp3) is 0.500. The second-order valence-electron chi connectivity index (χ2n) is 4.40. The second-order valence-corrected chi connectivity index (χ2v) is 4.40. The van der Waals surface area contributed by atoms with Crippen LogP contribution in [0.3, 0.4) is 0 Å². The molecule has 0 saturated heterocycles. The second kappa shape index (κ2) is 3.37. The summed E-state index contributed by atoms with van der Waals surface area (Å²) in [5.74, 6) is 0. The van der Waals surface area contributed by atoms with Crippen molar-refractivity contribution in [1.82, 2.24) is 0 Å². The Bertz CT molecular complexity index is 360. The van der Waals surface area contributed by atoms with Gasteiger partial charge in [0.05, 0.1) is 5.66 Å². The molecule has 0 fully saturated rings. The molecular weight excluding hydrogens is 172 g/mol. The molecule has 0 bridgehead atoms. The zero-order valence-corrected chi connectivity index (χ0v) is 9.73. The van der Waals surface area contributed by atoms with E-state index >= 15 is 0 Å². The first-order valence-electron chi connectivity index (χ1n) is 4.90. The van der Waals surface area contributed by atoms with Crippen molar-refractivity contribution in [1.29, 1.82) is 0 Å². The van der Waals surface area contributed by atoms with Crippen LogP contribution < -0.4 is 11.5 Å². The van der Waals surface area contributed by atoms with Crippen molar-refractivity contribution in [3.05, 3.63) is 33.9 Å². The smallest absolute Gasteiger partial charge is 0.0873 e. The van der Waals surface area contributed by atoms with E-state index in [-0.39, 0.29) is 0 Å². The molecule has 1 aromatic rings. The molecule has 0 aliphatic rings. The first kappa shape index (κ1) is 11.2. The summed E-state index contributed by atoms with van der Waals surface area (Å²) in [4.78, 5) is 0. The van der Waals surface area contributed by atoms with Gasteiger partial charge in [0.2, 0.25) is 0 Å². The average Bonchev–Trinajstić information content (AvgIpc) is 2.06. The molecule has 0 aliphatic carbocycles. The van der Waals surface area contributed by atoms with Gasteiger partial charge in [-0.25, -0.2) is 0 Å². The first-order chi connectivity index (χ1) is 6.25. The van der Waals surface area contributed by atoms with E-state index in [2.05, 4.69) is 33.8 Å². The molecule has 0 unspecified atom stereocenters. The number of benzene rings is 1. The highest BCUT2D eigenvalue weighted by Crippen LogP contribution is 2.25. The summed E-state index contributed by atoms with van der Waals surface area (Å²) in [6, 6.07) is 2.09. The van der Waals surface area contributed by atoms with Gasteiger partial charge in [0.25, 0.3) is 0 Å². The summed E-state index contributed by atoms with van der Waals surface area (Å²) in [7, 11) is 0. The van der Waals surface area contributed by atoms with Crippen LogP contribution in [0.5, 0.6) is 0 Å². The van der Waals surface area contributed by atoms with E-state index in [1.165, 1.54) is 22.3 Å². The highest BCUT2D eigenvalue weighted by Gasteiger charge is 2.19. The minimum Gasteiger partial charge on any atom is -0.310 e. The van der Waals surface area contributed by atoms with Crippen LogP contribution in [0.2, 0.25) is 0 Å². The SMILES string of the molecule is Cc1cc(C(C)(N)N)c(C)c(C)c1C. The zero-order valence-electron chi connectivity index (χ0n) is 9.73. The lowest BCUT2D eigenvalue weighted by molar-refractivity contribution is 0.516. The molecule has 0 aromatic heterocycles. The van der Waals surface area contributed by atoms with Crippen molar-refractivity contribution in [2.75, 3.05) is 0 Å². The molecule has 4 N–H and O–H groups in total. The van der Waals surface area contributed by atoms with Crippen LogP contribution in [0.25, 0.3) is 0 Å². The third-order valence-electron chi connectivity index (χ3n) is 3.06. The van der Waals surface area contributed by atoms with Crippen LogP contribution in [0.4, 0.5) is 0 Å². The molecule has 0 heterocycles. The van der Waals surface area contributed by atoms with Gasteiger partial charge in [0.1, 0.15) is 0 Å². The van der Waals surface area contributed by atoms with Gasteiger partial charge >= 0.3 is 0 Å². The van der Waals surface area contributed by atoms with Gasteiger partial charge in [0, 0.05) is 0 Å². The Morgan fingerprint density at radius 3 is 1.86 bits per heavy atom. The lowest BCUT2D eigenvalue weighted by Crippen LogP contribution is -2.43. The molecule has 2 nitrogen and oxygen atoms in total. The predicted octanol–water partition coefficient (Wildman–Crippen LogP) is 2.01. The Labute approximate surface area is 86.3 Å². The maximum absolute atomic E-state index is 5.92. The van der Waals surface area contributed by atoms with E-state index in [1.54, 1.807) is 0 Å². The largest absolute Gasteiger partial charge is 0.310 e. The molecule has 0 radical (unpaired) electrons. The topological polar surface area (TPSA) is 52.0 Å². The monoisotopic (exact) mass is 192 g/mol. The first-order valence-corrected chi connectivity index (χ1v) is 4.90. The summed E-state index contributed by atoms with van der Waals surface area (Å²) in [5.41, 5.74) is 17.2. The van der Waals surface area contributed by atoms with E-state index in [0.717, 1.165) is 5.56 Å². The highest BCUT2D eigenvalue weighted by atomic mass is 14.9. The molecular formula is C12H20N2. The van der Waals surface area contributed by atoms with E-state index in [1.807, 2.05) is 6.92 Å². The summed E-state index contributed by atoms with van der Waals surface area (Å²) in [6.07, 6.45) is 0. The maximum Gasteiger partial charge on any atom is 0.0873 e. The molecule has 0 aliphatic heterocycles. The van der Waals surface area contributed by atoms with Gasteiger partial charge in [-0.15, -0.1) is 0 Å². The van der Waals surface area contributed by atoms with Crippen LogP contribution in [0.15, 0.2) is 6.07 Å². The highest BCUT2D eigenvalue weighted by molar-refractivity contribution is 5.45. The van der Waals surface area contributed by atoms with E-state index in [0.29, 0.717) is 0 Å². The summed E-state index contributed by atoms with van der Waals surface area (Å²) >= 11 is 0. The van der Waals surface area contributed by atoms with Gasteiger partial charge in [-0.1, -0.05) is 6.07 Å². The lowest BCUT2D eigenvalue weighted by Gasteiger charge is -2.24. The Hall–Kier alpha value is -0.860. The molecule has 2 heteroatoms. The Kier molecular flexibility index (Phi) is 2.70. The molecule has 1 rings (SSSR count). The van der Waals surface area contributed by atoms with Crippen LogP contribution in [-0.2, 0) is 5.66 Å². The standard InChI is InChI=1S/C12H20N2/c1-7-6-11(12(5,13)14)10(4)9(3)8(7)2/h6H,13-14H2,1-5H3. The Balaban J connectivity index is 3.49. The zero-order chi connectivity index (χ0) is 11.1. The van der Waals surface area contributed by atoms with Gasteiger partial charge in [-0.05, 0) is 62.4 Å². The summed E-state index contributed by atoms with van der Waals surface area (Å²) in [5, 5.41) is 0. The van der Waals surface area contributed by atoms with Crippen molar-refractivity contribution in [2.24, 2.45) is 11.5 Å². The third kappa shape index (κ3) is 1.81.